The van der Waals surface area contributed by atoms with Crippen molar-refractivity contribution in [3.8, 4) is 5.75 Å². The molecule has 0 saturated carbocycles. The standard InChI is InChI=1S/C29H29FO5/c1-34-28(32)23-12-7-21(8-13-23)5-3-20(11-16-25-19-26(31)17-18-27(25)30)4-6-22-9-14-24(15-10-22)29(33)35-2/h7-20,31H,3-6H2,1-2H3/b16-11+. The van der Waals surface area contributed by atoms with Crippen LogP contribution in [0.25, 0.3) is 6.08 Å². The van der Waals surface area contributed by atoms with Crippen LogP contribution in [0.5, 0.6) is 5.75 Å². The molecule has 0 unspecified atom stereocenters. The van der Waals surface area contributed by atoms with Gasteiger partial charge in [-0.05, 0) is 85.2 Å². The van der Waals surface area contributed by atoms with Crippen LogP contribution in [0, 0.1) is 11.7 Å². The van der Waals surface area contributed by atoms with Crippen LogP contribution in [0.1, 0.15) is 50.2 Å². The number of phenols is 1. The number of ether oxygens (including phenoxy) is 2. The maximum Gasteiger partial charge on any atom is 0.337 e. The third-order valence-electron chi connectivity index (χ3n) is 5.89. The maximum absolute atomic E-state index is 14.1. The summed E-state index contributed by atoms with van der Waals surface area (Å²) >= 11 is 0. The molecule has 0 heterocycles. The summed E-state index contributed by atoms with van der Waals surface area (Å²) in [5, 5.41) is 9.70. The summed E-state index contributed by atoms with van der Waals surface area (Å²) in [6, 6.07) is 18.6. The summed E-state index contributed by atoms with van der Waals surface area (Å²) in [5.41, 5.74) is 3.51. The van der Waals surface area contributed by atoms with E-state index in [1.807, 2.05) is 30.3 Å². The van der Waals surface area contributed by atoms with Gasteiger partial charge in [0.2, 0.25) is 0 Å². The number of carbonyl (C=O) groups excluding carboxylic acids is 2. The molecule has 0 atom stereocenters. The molecule has 3 aromatic carbocycles. The van der Waals surface area contributed by atoms with Crippen molar-refractivity contribution in [1.29, 1.82) is 0 Å². The van der Waals surface area contributed by atoms with E-state index in [0.29, 0.717) is 16.7 Å². The number of aryl methyl sites for hydroxylation is 2. The van der Waals surface area contributed by atoms with Gasteiger partial charge in [-0.25, -0.2) is 14.0 Å². The first kappa shape index (κ1) is 25.7. The van der Waals surface area contributed by atoms with E-state index in [1.165, 1.54) is 32.4 Å². The molecule has 0 aliphatic rings. The Hall–Kier alpha value is -3.93. The summed E-state index contributed by atoms with van der Waals surface area (Å²) in [6.07, 6.45) is 6.87. The predicted molar refractivity (Wildman–Crippen MR) is 133 cm³/mol. The zero-order valence-electron chi connectivity index (χ0n) is 19.9. The first-order chi connectivity index (χ1) is 16.9. The molecule has 0 aliphatic heterocycles. The molecule has 3 rings (SSSR count). The van der Waals surface area contributed by atoms with Gasteiger partial charge in [-0.15, -0.1) is 0 Å². The quantitative estimate of drug-likeness (QED) is 0.364. The van der Waals surface area contributed by atoms with Crippen molar-refractivity contribution in [3.05, 3.63) is 106 Å². The lowest BCUT2D eigenvalue weighted by atomic mass is 9.92. The smallest absolute Gasteiger partial charge is 0.337 e. The third kappa shape index (κ3) is 7.54. The number of hydrogen-bond donors (Lipinski definition) is 1. The van der Waals surface area contributed by atoms with Gasteiger partial charge < -0.3 is 14.6 Å². The second kappa shape index (κ2) is 12.5. The van der Waals surface area contributed by atoms with Gasteiger partial charge in [-0.3, -0.25) is 0 Å². The average Bonchev–Trinajstić information content (AvgIpc) is 2.89. The number of hydrogen-bond acceptors (Lipinski definition) is 5. The number of rotatable bonds is 10. The lowest BCUT2D eigenvalue weighted by Crippen LogP contribution is -2.04. The van der Waals surface area contributed by atoms with E-state index in [-0.39, 0.29) is 23.6 Å². The van der Waals surface area contributed by atoms with Crippen molar-refractivity contribution in [3.63, 3.8) is 0 Å². The van der Waals surface area contributed by atoms with Crippen molar-refractivity contribution in [2.45, 2.75) is 25.7 Å². The number of methoxy groups -OCH3 is 2. The van der Waals surface area contributed by atoms with Crippen molar-refractivity contribution in [2.24, 2.45) is 5.92 Å². The second-order valence-electron chi connectivity index (χ2n) is 8.28. The Morgan fingerprint density at radius 2 is 1.31 bits per heavy atom. The molecule has 5 nitrogen and oxygen atoms in total. The Kier molecular flexibility index (Phi) is 9.18. The lowest BCUT2D eigenvalue weighted by Gasteiger charge is -2.14. The van der Waals surface area contributed by atoms with Crippen LogP contribution in [0.15, 0.2) is 72.8 Å². The number of allylic oxidation sites excluding steroid dienone is 1. The Labute approximate surface area is 204 Å². The molecule has 1 N–H and O–H groups in total. The van der Waals surface area contributed by atoms with Gasteiger partial charge in [-0.2, -0.15) is 0 Å². The summed E-state index contributed by atoms with van der Waals surface area (Å²) in [6.45, 7) is 0. The zero-order valence-corrected chi connectivity index (χ0v) is 19.9. The van der Waals surface area contributed by atoms with Crippen LogP contribution in [0.3, 0.4) is 0 Å². The minimum atomic E-state index is -0.394. The Balaban J connectivity index is 1.70. The van der Waals surface area contributed by atoms with Gasteiger partial charge in [0, 0.05) is 5.56 Å². The molecular formula is C29H29FO5. The highest BCUT2D eigenvalue weighted by atomic mass is 19.1. The molecule has 182 valence electrons. The topological polar surface area (TPSA) is 72.8 Å². The largest absolute Gasteiger partial charge is 0.508 e. The number of aromatic hydroxyl groups is 1. The molecule has 0 aromatic heterocycles. The first-order valence-corrected chi connectivity index (χ1v) is 11.4. The van der Waals surface area contributed by atoms with E-state index in [9.17, 15) is 19.1 Å². The molecule has 0 bridgehead atoms. The third-order valence-corrected chi connectivity index (χ3v) is 5.89. The molecule has 35 heavy (non-hydrogen) atoms. The molecule has 3 aromatic rings. The fraction of sp³-hybridized carbons (Fsp3) is 0.241. The summed E-state index contributed by atoms with van der Waals surface area (Å²) in [5.74, 6) is -0.988. The van der Waals surface area contributed by atoms with Crippen LogP contribution < -0.4 is 0 Å². The lowest BCUT2D eigenvalue weighted by molar-refractivity contribution is 0.0592. The number of esters is 2. The van der Waals surface area contributed by atoms with Gasteiger partial charge in [-0.1, -0.05) is 36.4 Å². The van der Waals surface area contributed by atoms with Gasteiger partial charge in [0.15, 0.2) is 0 Å². The van der Waals surface area contributed by atoms with Crippen molar-refractivity contribution < 1.29 is 28.6 Å². The Morgan fingerprint density at radius 1 is 0.829 bits per heavy atom. The van der Waals surface area contributed by atoms with E-state index < -0.39 is 5.82 Å². The number of phenolic OH excluding ortho intramolecular Hbond substituents is 1. The molecule has 0 aliphatic carbocycles. The summed E-state index contributed by atoms with van der Waals surface area (Å²) in [4.78, 5) is 23.3. The SMILES string of the molecule is COC(=O)c1ccc(CCC(/C=C/c2cc(O)ccc2F)CCc2ccc(C(=O)OC)cc2)cc1. The van der Waals surface area contributed by atoms with Crippen molar-refractivity contribution >= 4 is 18.0 Å². The van der Waals surface area contributed by atoms with Crippen molar-refractivity contribution in [2.75, 3.05) is 14.2 Å². The molecule has 0 amide bonds. The van der Waals surface area contributed by atoms with Gasteiger partial charge >= 0.3 is 11.9 Å². The summed E-state index contributed by atoms with van der Waals surface area (Å²) < 4.78 is 23.6. The predicted octanol–water partition coefficient (Wildman–Crippen LogP) is 6.00. The van der Waals surface area contributed by atoms with E-state index in [2.05, 4.69) is 0 Å². The van der Waals surface area contributed by atoms with E-state index >= 15 is 0 Å². The average molecular weight is 477 g/mol. The highest BCUT2D eigenvalue weighted by molar-refractivity contribution is 5.89. The van der Waals surface area contributed by atoms with E-state index in [4.69, 9.17) is 9.47 Å². The molecular weight excluding hydrogens is 447 g/mol. The van der Waals surface area contributed by atoms with Gasteiger partial charge in [0.25, 0.3) is 0 Å². The van der Waals surface area contributed by atoms with Crippen LogP contribution in [-0.2, 0) is 22.3 Å². The van der Waals surface area contributed by atoms with Crippen LogP contribution in [0.2, 0.25) is 0 Å². The molecule has 0 saturated heterocycles. The Bertz CT molecular complexity index is 1100. The minimum absolute atomic E-state index is 0.0130. The monoisotopic (exact) mass is 476 g/mol. The van der Waals surface area contributed by atoms with E-state index in [1.54, 1.807) is 30.3 Å². The Morgan fingerprint density at radius 3 is 1.77 bits per heavy atom. The number of carbonyl (C=O) groups is 2. The number of halogens is 1. The van der Waals surface area contributed by atoms with Crippen LogP contribution in [-0.4, -0.2) is 31.3 Å². The highest BCUT2D eigenvalue weighted by Gasteiger charge is 2.10. The minimum Gasteiger partial charge on any atom is -0.508 e. The normalized spacial score (nSPS) is 11.1. The van der Waals surface area contributed by atoms with E-state index in [0.717, 1.165) is 36.8 Å². The first-order valence-electron chi connectivity index (χ1n) is 11.4. The van der Waals surface area contributed by atoms with Crippen LogP contribution >= 0.6 is 0 Å². The highest BCUT2D eigenvalue weighted by Crippen LogP contribution is 2.22. The fourth-order valence-electron chi connectivity index (χ4n) is 3.79. The number of benzene rings is 3. The second-order valence-corrected chi connectivity index (χ2v) is 8.28. The molecule has 0 spiro atoms. The zero-order chi connectivity index (χ0) is 25.2. The molecule has 0 radical (unpaired) electrons. The summed E-state index contributed by atoms with van der Waals surface area (Å²) in [7, 11) is 2.71. The van der Waals surface area contributed by atoms with Gasteiger partial charge in [0.1, 0.15) is 11.6 Å². The van der Waals surface area contributed by atoms with Gasteiger partial charge in [0.05, 0.1) is 25.3 Å². The maximum atomic E-state index is 14.1. The molecule has 0 fully saturated rings. The molecule has 6 heteroatoms. The van der Waals surface area contributed by atoms with Crippen molar-refractivity contribution in [1.82, 2.24) is 0 Å². The fourth-order valence-corrected chi connectivity index (χ4v) is 3.79. The van der Waals surface area contributed by atoms with Crippen LogP contribution in [0.4, 0.5) is 4.39 Å².